The van der Waals surface area contributed by atoms with Gasteiger partial charge in [0, 0.05) is 24.0 Å². The lowest BCUT2D eigenvalue weighted by Gasteiger charge is -2.15. The van der Waals surface area contributed by atoms with E-state index in [1.54, 1.807) is 0 Å². The van der Waals surface area contributed by atoms with Crippen molar-refractivity contribution in [3.8, 4) is 0 Å². The molecule has 170 valence electrons. The summed E-state index contributed by atoms with van der Waals surface area (Å²) in [4.78, 5) is 25.8. The van der Waals surface area contributed by atoms with Crippen LogP contribution in [0.2, 0.25) is 0 Å². The number of benzene rings is 1. The predicted octanol–water partition coefficient (Wildman–Crippen LogP) is 6.77. The fourth-order valence-electron chi connectivity index (χ4n) is 2.17. The van der Waals surface area contributed by atoms with E-state index >= 15 is 0 Å². The summed E-state index contributed by atoms with van der Waals surface area (Å²) in [5.74, 6) is 0. The van der Waals surface area contributed by atoms with Crippen molar-refractivity contribution in [2.45, 2.75) is 80.2 Å². The Morgan fingerprint density at radius 3 is 1.74 bits per heavy atom. The molecule has 1 atom stereocenters. The number of pyridine rings is 1. The molecule has 1 N–H and O–H groups in total. The van der Waals surface area contributed by atoms with Crippen LogP contribution in [0.3, 0.4) is 0 Å². The number of nitrogens with zero attached hydrogens (tertiary/aromatic N) is 1. The molecule has 31 heavy (non-hydrogen) atoms. The number of unbranched alkanes of at least 4 members (excludes halogenated alkanes) is 2. The van der Waals surface area contributed by atoms with Crippen molar-refractivity contribution in [1.29, 1.82) is 0 Å². The van der Waals surface area contributed by atoms with E-state index in [9.17, 15) is 9.59 Å². The lowest BCUT2D eigenvalue weighted by molar-refractivity contribution is 0.879. The molecule has 3 aromatic rings. The van der Waals surface area contributed by atoms with Crippen LogP contribution in [-0.2, 0) is 0 Å². The predicted molar refractivity (Wildman–Crippen MR) is 135 cm³/mol. The molecule has 0 amide bonds. The fourth-order valence-corrected chi connectivity index (χ4v) is 2.17. The third-order valence-electron chi connectivity index (χ3n) is 4.47. The monoisotopic (exact) mass is 424 g/mol. The Balaban J connectivity index is 0.000000471. The maximum atomic E-state index is 11.0. The zero-order chi connectivity index (χ0) is 23.6. The first-order chi connectivity index (χ1) is 14.8. The lowest BCUT2D eigenvalue weighted by atomic mass is 10.1. The molecule has 4 heteroatoms. The summed E-state index contributed by atoms with van der Waals surface area (Å²) >= 11 is 0. The SMILES string of the molecule is CC(Nc1cc(=O)c1=O)c1ccccc1.CCCC.CCCC.Cc1ccnc(C)c1. The van der Waals surface area contributed by atoms with Crippen molar-refractivity contribution in [1.82, 2.24) is 4.98 Å². The highest BCUT2D eigenvalue weighted by molar-refractivity contribution is 5.49. The molecule has 0 aliphatic heterocycles. The van der Waals surface area contributed by atoms with Gasteiger partial charge >= 0.3 is 0 Å². The summed E-state index contributed by atoms with van der Waals surface area (Å²) in [5, 5.41) is 3.00. The minimum atomic E-state index is -0.419. The molecular formula is C27H40N2O2. The summed E-state index contributed by atoms with van der Waals surface area (Å²) in [6, 6.07) is 15.2. The highest BCUT2D eigenvalue weighted by Crippen LogP contribution is 2.15. The first kappa shape index (κ1) is 28.2. The molecule has 1 aromatic heterocycles. The van der Waals surface area contributed by atoms with E-state index in [0.717, 1.165) is 11.3 Å². The second-order valence-electron chi connectivity index (χ2n) is 7.50. The number of aryl methyl sites for hydroxylation is 2. The van der Waals surface area contributed by atoms with Gasteiger partial charge in [-0.2, -0.15) is 0 Å². The average Bonchev–Trinajstić information content (AvgIpc) is 2.79. The second-order valence-corrected chi connectivity index (χ2v) is 7.50. The third-order valence-corrected chi connectivity index (χ3v) is 4.47. The van der Waals surface area contributed by atoms with E-state index in [1.807, 2.05) is 56.4 Å². The molecule has 0 spiro atoms. The van der Waals surface area contributed by atoms with Gasteiger partial charge in [0.1, 0.15) is 0 Å². The normalized spacial score (nSPS) is 10.4. The summed E-state index contributed by atoms with van der Waals surface area (Å²) in [7, 11) is 0. The van der Waals surface area contributed by atoms with Crippen LogP contribution in [0.25, 0.3) is 0 Å². The first-order valence-electron chi connectivity index (χ1n) is 11.3. The number of anilines is 1. The number of hydrogen-bond donors (Lipinski definition) is 1. The van der Waals surface area contributed by atoms with Gasteiger partial charge in [0.25, 0.3) is 0 Å². The number of aromatic nitrogens is 1. The largest absolute Gasteiger partial charge is 0.375 e. The van der Waals surface area contributed by atoms with Crippen molar-refractivity contribution in [2.24, 2.45) is 0 Å². The Hall–Kier alpha value is -2.75. The molecule has 1 unspecified atom stereocenters. The van der Waals surface area contributed by atoms with Gasteiger partial charge in [0.15, 0.2) is 0 Å². The maximum Gasteiger partial charge on any atom is 0.248 e. The molecule has 0 aliphatic rings. The van der Waals surface area contributed by atoms with Crippen molar-refractivity contribution in [2.75, 3.05) is 5.32 Å². The average molecular weight is 425 g/mol. The van der Waals surface area contributed by atoms with Gasteiger partial charge in [-0.25, -0.2) is 0 Å². The Morgan fingerprint density at radius 2 is 1.39 bits per heavy atom. The van der Waals surface area contributed by atoms with Crippen LogP contribution in [0.15, 0.2) is 64.3 Å². The van der Waals surface area contributed by atoms with Gasteiger partial charge in [0.2, 0.25) is 10.9 Å². The van der Waals surface area contributed by atoms with Crippen molar-refractivity contribution >= 4 is 5.69 Å². The molecular weight excluding hydrogens is 384 g/mol. The van der Waals surface area contributed by atoms with Crippen LogP contribution in [0.4, 0.5) is 5.69 Å². The van der Waals surface area contributed by atoms with E-state index in [1.165, 1.54) is 37.3 Å². The van der Waals surface area contributed by atoms with Crippen molar-refractivity contribution in [3.63, 3.8) is 0 Å². The number of nitrogens with one attached hydrogen (secondary N) is 1. The quantitative estimate of drug-likeness (QED) is 0.459. The Morgan fingerprint density at radius 1 is 0.839 bits per heavy atom. The minimum Gasteiger partial charge on any atom is -0.375 e. The molecule has 0 saturated carbocycles. The molecule has 1 heterocycles. The summed E-state index contributed by atoms with van der Waals surface area (Å²) in [6.07, 6.45) is 7.10. The van der Waals surface area contributed by atoms with Crippen LogP contribution >= 0.6 is 0 Å². The number of hydrogen-bond acceptors (Lipinski definition) is 4. The molecule has 0 fully saturated rings. The lowest BCUT2D eigenvalue weighted by Crippen LogP contribution is -2.33. The topological polar surface area (TPSA) is 59.1 Å². The molecule has 0 radical (unpaired) electrons. The fraction of sp³-hybridized carbons (Fsp3) is 0.444. The molecule has 3 rings (SSSR count). The zero-order valence-corrected chi connectivity index (χ0v) is 20.4. The first-order valence-corrected chi connectivity index (χ1v) is 11.3. The van der Waals surface area contributed by atoms with Gasteiger partial charge in [0.05, 0.1) is 5.69 Å². The van der Waals surface area contributed by atoms with Crippen molar-refractivity contribution < 1.29 is 0 Å². The molecule has 2 aromatic carbocycles. The van der Waals surface area contributed by atoms with Gasteiger partial charge in [-0.1, -0.05) is 83.7 Å². The summed E-state index contributed by atoms with van der Waals surface area (Å²) in [5.41, 5.74) is 3.03. The zero-order valence-electron chi connectivity index (χ0n) is 20.4. The van der Waals surface area contributed by atoms with Crippen LogP contribution < -0.4 is 16.2 Å². The van der Waals surface area contributed by atoms with Crippen molar-refractivity contribution in [3.05, 3.63) is 92.0 Å². The molecule has 0 saturated heterocycles. The Kier molecular flexibility index (Phi) is 15.5. The Labute approximate surface area is 188 Å². The van der Waals surface area contributed by atoms with Gasteiger partial charge in [-0.05, 0) is 44.0 Å². The van der Waals surface area contributed by atoms with Crippen LogP contribution in [-0.4, -0.2) is 4.98 Å². The van der Waals surface area contributed by atoms with E-state index < -0.39 is 10.9 Å². The summed E-state index contributed by atoms with van der Waals surface area (Å²) < 4.78 is 0. The highest BCUT2D eigenvalue weighted by atomic mass is 16.2. The van der Waals surface area contributed by atoms with Gasteiger partial charge < -0.3 is 5.32 Å². The maximum absolute atomic E-state index is 11.0. The molecule has 0 aliphatic carbocycles. The standard InChI is InChI=1S/C12H11NO2.C7H9N.2C4H10/c1-8(9-5-3-2-4-6-9)13-10-7-11(14)12(10)15;1-6-3-4-8-7(2)5-6;2*1-3-4-2/h2-8,13H,1H3;3-5H,1-2H3;2*3-4H2,1-2H3. The molecule has 0 bridgehead atoms. The minimum absolute atomic E-state index is 0.0366. The van der Waals surface area contributed by atoms with E-state index in [0.29, 0.717) is 5.69 Å². The third kappa shape index (κ3) is 12.5. The van der Waals surface area contributed by atoms with Crippen LogP contribution in [0.5, 0.6) is 0 Å². The van der Waals surface area contributed by atoms with Gasteiger partial charge in [-0.3, -0.25) is 14.6 Å². The Bertz CT molecular complexity index is 872. The smallest absolute Gasteiger partial charge is 0.248 e. The highest BCUT2D eigenvalue weighted by Gasteiger charge is 2.12. The van der Waals surface area contributed by atoms with Crippen LogP contribution in [0, 0.1) is 13.8 Å². The number of rotatable bonds is 5. The second kappa shape index (κ2) is 17.0. The van der Waals surface area contributed by atoms with Gasteiger partial charge in [-0.15, -0.1) is 0 Å². The molecule has 4 nitrogen and oxygen atoms in total. The van der Waals surface area contributed by atoms with E-state index in [2.05, 4.69) is 51.0 Å². The summed E-state index contributed by atoms with van der Waals surface area (Å²) in [6.45, 7) is 14.7. The van der Waals surface area contributed by atoms with Crippen LogP contribution in [0.1, 0.15) is 83.2 Å². The van der Waals surface area contributed by atoms with E-state index in [4.69, 9.17) is 0 Å². The van der Waals surface area contributed by atoms with E-state index in [-0.39, 0.29) is 6.04 Å².